The number of benzene rings is 1. The Morgan fingerprint density at radius 3 is 2.56 bits per heavy atom. The van der Waals surface area contributed by atoms with Gasteiger partial charge >= 0.3 is 0 Å². The summed E-state index contributed by atoms with van der Waals surface area (Å²) in [6, 6.07) is 8.15. The third kappa shape index (κ3) is 8.16. The Balaban J connectivity index is 1.75. The minimum atomic E-state index is -0.864. The number of hydrogen-bond donors (Lipinski definition) is 4. The molecule has 2 rings (SSSR count). The fourth-order valence-electron chi connectivity index (χ4n) is 3.39. The summed E-state index contributed by atoms with van der Waals surface area (Å²) in [5.74, 6) is 0.778. The van der Waals surface area contributed by atoms with Gasteiger partial charge in [-0.3, -0.25) is 10.8 Å². The van der Waals surface area contributed by atoms with Gasteiger partial charge in [0.05, 0.1) is 0 Å². The maximum absolute atomic E-state index is 13.2. The molecule has 1 aliphatic carbocycles. The van der Waals surface area contributed by atoms with Crippen molar-refractivity contribution in [3.63, 3.8) is 0 Å². The van der Waals surface area contributed by atoms with Crippen molar-refractivity contribution < 1.29 is 4.39 Å². The first-order chi connectivity index (χ1) is 12.8. The predicted molar refractivity (Wildman–Crippen MR) is 114 cm³/mol. The van der Waals surface area contributed by atoms with E-state index in [1.165, 1.54) is 12.8 Å². The van der Waals surface area contributed by atoms with Gasteiger partial charge in [0.1, 0.15) is 6.17 Å². The number of rotatable bonds is 6. The van der Waals surface area contributed by atoms with Crippen molar-refractivity contribution in [1.29, 1.82) is 10.8 Å². The summed E-state index contributed by atoms with van der Waals surface area (Å²) in [6.45, 7) is 7.81. The molecule has 1 saturated carbocycles. The van der Waals surface area contributed by atoms with Gasteiger partial charge in [0, 0.05) is 24.6 Å². The minimum absolute atomic E-state index is 0.190. The fraction of sp³-hybridized carbons (Fsp3) is 0.524. The highest BCUT2D eigenvalue weighted by atomic mass is 32.2. The van der Waals surface area contributed by atoms with Crippen molar-refractivity contribution in [2.24, 2.45) is 5.92 Å². The molecule has 1 unspecified atom stereocenters. The van der Waals surface area contributed by atoms with Crippen LogP contribution in [0.15, 0.2) is 36.5 Å². The predicted octanol–water partition coefficient (Wildman–Crippen LogP) is 5.00. The van der Waals surface area contributed by atoms with Crippen molar-refractivity contribution in [3.8, 4) is 0 Å². The first-order valence-corrected chi connectivity index (χ1v) is 10.4. The molecule has 0 spiro atoms. The number of hydrogen-bond acceptors (Lipinski definition) is 3. The van der Waals surface area contributed by atoms with Crippen LogP contribution in [0.3, 0.4) is 0 Å². The van der Waals surface area contributed by atoms with Gasteiger partial charge in [-0.25, -0.2) is 4.39 Å². The Morgan fingerprint density at radius 2 is 1.89 bits per heavy atom. The summed E-state index contributed by atoms with van der Waals surface area (Å²) in [4.78, 5) is 0. The van der Waals surface area contributed by atoms with Gasteiger partial charge in [0.15, 0.2) is 10.3 Å². The number of amidine groups is 2. The first kappa shape index (κ1) is 21.5. The van der Waals surface area contributed by atoms with Crippen LogP contribution in [0, 0.1) is 16.7 Å². The molecule has 0 aromatic heterocycles. The Labute approximate surface area is 166 Å². The quantitative estimate of drug-likeness (QED) is 0.408. The molecule has 1 aromatic rings. The molecule has 0 saturated heterocycles. The van der Waals surface area contributed by atoms with Crippen molar-refractivity contribution >= 4 is 22.1 Å². The van der Waals surface area contributed by atoms with Crippen LogP contribution in [0.1, 0.15) is 50.7 Å². The molecule has 0 radical (unpaired) electrons. The van der Waals surface area contributed by atoms with Crippen LogP contribution in [0.4, 0.5) is 4.39 Å². The molecule has 4 N–H and O–H groups in total. The van der Waals surface area contributed by atoms with Crippen LogP contribution in [0.5, 0.6) is 0 Å². The molecule has 0 aliphatic heterocycles. The summed E-state index contributed by atoms with van der Waals surface area (Å²) < 4.78 is 13.2. The average Bonchev–Trinajstić information content (AvgIpc) is 2.56. The van der Waals surface area contributed by atoms with Gasteiger partial charge in [0.25, 0.3) is 0 Å². The molecule has 1 aliphatic rings. The van der Waals surface area contributed by atoms with E-state index in [0.717, 1.165) is 41.6 Å². The third-order valence-corrected chi connectivity index (χ3v) is 5.40. The second kappa shape index (κ2) is 10.5. The number of nitrogens with one attached hydrogen (secondary N) is 4. The topological polar surface area (TPSA) is 71.8 Å². The van der Waals surface area contributed by atoms with E-state index in [4.69, 9.17) is 10.8 Å². The van der Waals surface area contributed by atoms with Crippen molar-refractivity contribution in [2.75, 3.05) is 0 Å². The molecule has 0 heterocycles. The normalized spacial score (nSPS) is 20.6. The number of alkyl halides is 1. The highest BCUT2D eigenvalue weighted by Crippen LogP contribution is 2.24. The molecule has 0 amide bonds. The summed E-state index contributed by atoms with van der Waals surface area (Å²) in [6.07, 6.45) is 4.68. The van der Waals surface area contributed by atoms with Gasteiger partial charge in [-0.05, 0) is 61.4 Å². The van der Waals surface area contributed by atoms with E-state index < -0.39 is 6.17 Å². The van der Waals surface area contributed by atoms with E-state index in [1.54, 1.807) is 6.92 Å². The number of thioether (sulfide) groups is 1. The Bertz CT molecular complexity index is 666. The van der Waals surface area contributed by atoms with E-state index in [-0.39, 0.29) is 5.17 Å². The third-order valence-electron chi connectivity index (χ3n) is 4.77. The van der Waals surface area contributed by atoms with Crippen LogP contribution in [0.2, 0.25) is 0 Å². The Hall–Kier alpha value is -1.82. The maximum Gasteiger partial charge on any atom is 0.165 e. The van der Waals surface area contributed by atoms with Crippen LogP contribution in [0.25, 0.3) is 0 Å². The van der Waals surface area contributed by atoms with Gasteiger partial charge in [-0.2, -0.15) is 0 Å². The first-order valence-electron chi connectivity index (χ1n) is 9.60. The van der Waals surface area contributed by atoms with Crippen molar-refractivity contribution in [2.45, 2.75) is 64.6 Å². The van der Waals surface area contributed by atoms with Crippen LogP contribution >= 0.6 is 11.8 Å². The Kier molecular flexibility index (Phi) is 8.35. The molecule has 27 heavy (non-hydrogen) atoms. The van der Waals surface area contributed by atoms with E-state index in [2.05, 4.69) is 24.1 Å². The standard InChI is InChI=1S/C21H31FN4S/c1-14-7-9-19(10-8-14)26-21(24)27-20(23)25-16(3)12-18-6-4-5-17(13-18)11-15(2)22/h4-6,13-15,19H,3,7-12H2,1-2H3,(H2,23,25)(H2,24,26)/t14-,15?,19-. The van der Waals surface area contributed by atoms with Crippen molar-refractivity contribution in [3.05, 3.63) is 47.7 Å². The minimum Gasteiger partial charge on any atom is -0.362 e. The lowest BCUT2D eigenvalue weighted by Gasteiger charge is -2.27. The summed E-state index contributed by atoms with van der Waals surface area (Å²) in [5, 5.41) is 22.8. The smallest absolute Gasteiger partial charge is 0.165 e. The summed E-state index contributed by atoms with van der Waals surface area (Å²) in [5.41, 5.74) is 2.69. The van der Waals surface area contributed by atoms with Crippen LogP contribution in [-0.2, 0) is 12.8 Å². The van der Waals surface area contributed by atoms with E-state index in [9.17, 15) is 4.39 Å². The van der Waals surface area contributed by atoms with Gasteiger partial charge in [-0.15, -0.1) is 0 Å². The van der Waals surface area contributed by atoms with Gasteiger partial charge < -0.3 is 10.6 Å². The molecule has 0 bridgehead atoms. The lowest BCUT2D eigenvalue weighted by molar-refractivity contribution is 0.332. The zero-order chi connectivity index (χ0) is 19.8. The monoisotopic (exact) mass is 390 g/mol. The lowest BCUT2D eigenvalue weighted by Crippen LogP contribution is -2.36. The van der Waals surface area contributed by atoms with Crippen LogP contribution in [-0.4, -0.2) is 22.5 Å². The lowest BCUT2D eigenvalue weighted by atomic mass is 9.87. The zero-order valence-electron chi connectivity index (χ0n) is 16.3. The molecule has 148 valence electrons. The average molecular weight is 391 g/mol. The summed E-state index contributed by atoms with van der Waals surface area (Å²) >= 11 is 1.08. The second-order valence-electron chi connectivity index (χ2n) is 7.57. The molecular formula is C21H31FN4S. The van der Waals surface area contributed by atoms with Gasteiger partial charge in [-0.1, -0.05) is 37.8 Å². The van der Waals surface area contributed by atoms with E-state index in [1.807, 2.05) is 24.3 Å². The molecule has 6 heteroatoms. The fourth-order valence-corrected chi connectivity index (χ4v) is 4.01. The second-order valence-corrected chi connectivity index (χ2v) is 8.59. The van der Waals surface area contributed by atoms with E-state index >= 15 is 0 Å². The molecule has 1 aromatic carbocycles. The molecule has 4 nitrogen and oxygen atoms in total. The van der Waals surface area contributed by atoms with E-state index in [0.29, 0.717) is 29.7 Å². The zero-order valence-corrected chi connectivity index (χ0v) is 17.1. The van der Waals surface area contributed by atoms with Crippen LogP contribution < -0.4 is 10.6 Å². The van der Waals surface area contributed by atoms with Gasteiger partial charge in [0.2, 0.25) is 0 Å². The van der Waals surface area contributed by atoms with Crippen molar-refractivity contribution in [1.82, 2.24) is 10.6 Å². The SMILES string of the molecule is C=C(Cc1cccc(CC(C)F)c1)NC(=N)SC(=N)N[C@H]1CC[C@H](C)CC1. The highest BCUT2D eigenvalue weighted by molar-refractivity contribution is 8.26. The molecular weight excluding hydrogens is 359 g/mol. The summed E-state index contributed by atoms with van der Waals surface area (Å²) in [7, 11) is 0. The number of allylic oxidation sites excluding steroid dienone is 1. The maximum atomic E-state index is 13.2. The highest BCUT2D eigenvalue weighted by Gasteiger charge is 2.19. The number of halogens is 1. The largest absolute Gasteiger partial charge is 0.362 e. The Morgan fingerprint density at radius 1 is 1.22 bits per heavy atom. The molecule has 1 fully saturated rings. The molecule has 1 atom stereocenters.